The molecule has 0 fully saturated rings. The molecule has 134 valence electrons. The van der Waals surface area contributed by atoms with Gasteiger partial charge in [-0.3, -0.25) is 4.72 Å². The van der Waals surface area contributed by atoms with Crippen molar-refractivity contribution < 1.29 is 12.8 Å². The zero-order chi connectivity index (χ0) is 18.6. The van der Waals surface area contributed by atoms with E-state index in [1.165, 1.54) is 36.5 Å². The maximum absolute atomic E-state index is 13.0. The number of pyridine rings is 1. The Kier molecular flexibility index (Phi) is 5.43. The fourth-order valence-electron chi connectivity index (χ4n) is 2.24. The van der Waals surface area contributed by atoms with Gasteiger partial charge in [-0.05, 0) is 66.9 Å². The molecule has 1 heterocycles. The molecular weight excluding hydrogens is 373 g/mol. The number of thioether (sulfide) groups is 1. The SMILES string of the molecule is CSc1ccc(Nc2ncccc2S(=O)(=O)Nc2ccc(F)cc2)cc1. The van der Waals surface area contributed by atoms with Crippen LogP contribution in [0.15, 0.2) is 76.7 Å². The molecule has 0 amide bonds. The van der Waals surface area contributed by atoms with Gasteiger partial charge in [-0.15, -0.1) is 11.8 Å². The van der Waals surface area contributed by atoms with E-state index in [9.17, 15) is 12.8 Å². The summed E-state index contributed by atoms with van der Waals surface area (Å²) in [6.07, 6.45) is 3.49. The van der Waals surface area contributed by atoms with Gasteiger partial charge < -0.3 is 5.32 Å². The number of benzene rings is 2. The van der Waals surface area contributed by atoms with Crippen molar-refractivity contribution in [2.45, 2.75) is 9.79 Å². The molecule has 2 N–H and O–H groups in total. The molecular formula is C18H16FN3O2S2. The maximum atomic E-state index is 13.0. The van der Waals surface area contributed by atoms with E-state index in [4.69, 9.17) is 0 Å². The van der Waals surface area contributed by atoms with Gasteiger partial charge >= 0.3 is 0 Å². The molecule has 0 radical (unpaired) electrons. The summed E-state index contributed by atoms with van der Waals surface area (Å²) >= 11 is 1.62. The van der Waals surface area contributed by atoms with E-state index in [1.54, 1.807) is 17.8 Å². The summed E-state index contributed by atoms with van der Waals surface area (Å²) in [7, 11) is -3.89. The number of sulfonamides is 1. The first-order valence-corrected chi connectivity index (χ1v) is 10.3. The molecule has 0 spiro atoms. The molecule has 0 saturated heterocycles. The smallest absolute Gasteiger partial charge is 0.265 e. The summed E-state index contributed by atoms with van der Waals surface area (Å²) in [6, 6.07) is 15.7. The van der Waals surface area contributed by atoms with E-state index in [0.29, 0.717) is 0 Å². The van der Waals surface area contributed by atoms with Crippen LogP contribution in [0.2, 0.25) is 0 Å². The highest BCUT2D eigenvalue weighted by Crippen LogP contribution is 2.26. The Morgan fingerprint density at radius 2 is 1.62 bits per heavy atom. The van der Waals surface area contributed by atoms with E-state index in [1.807, 2.05) is 30.5 Å². The number of nitrogens with one attached hydrogen (secondary N) is 2. The van der Waals surface area contributed by atoms with Gasteiger partial charge in [0.25, 0.3) is 10.0 Å². The highest BCUT2D eigenvalue weighted by Gasteiger charge is 2.19. The molecule has 0 bridgehead atoms. The summed E-state index contributed by atoms with van der Waals surface area (Å²) in [5.41, 5.74) is 0.991. The van der Waals surface area contributed by atoms with Crippen molar-refractivity contribution in [1.29, 1.82) is 0 Å². The lowest BCUT2D eigenvalue weighted by Crippen LogP contribution is -2.15. The van der Waals surface area contributed by atoms with E-state index in [0.717, 1.165) is 10.6 Å². The quantitative estimate of drug-likeness (QED) is 0.608. The molecule has 0 aliphatic heterocycles. The molecule has 0 aliphatic carbocycles. The zero-order valence-corrected chi connectivity index (χ0v) is 15.4. The number of anilines is 3. The summed E-state index contributed by atoms with van der Waals surface area (Å²) in [5.74, 6) is -0.232. The monoisotopic (exact) mass is 389 g/mol. The van der Waals surface area contributed by atoms with Crippen LogP contribution in [0.3, 0.4) is 0 Å². The van der Waals surface area contributed by atoms with Gasteiger partial charge in [-0.1, -0.05) is 0 Å². The highest BCUT2D eigenvalue weighted by molar-refractivity contribution is 7.98. The predicted molar refractivity (Wildman–Crippen MR) is 103 cm³/mol. The van der Waals surface area contributed by atoms with Crippen LogP contribution in [0.5, 0.6) is 0 Å². The fraction of sp³-hybridized carbons (Fsp3) is 0.0556. The van der Waals surface area contributed by atoms with Crippen LogP contribution in [-0.4, -0.2) is 19.7 Å². The molecule has 26 heavy (non-hydrogen) atoms. The standard InChI is InChI=1S/C18H16FN3O2S2/c1-25-16-10-8-14(9-11-16)21-18-17(3-2-12-20-18)26(23,24)22-15-6-4-13(19)5-7-15/h2-12,22H,1H3,(H,20,21). The van der Waals surface area contributed by atoms with Crippen LogP contribution in [0.4, 0.5) is 21.6 Å². The zero-order valence-electron chi connectivity index (χ0n) is 13.8. The predicted octanol–water partition coefficient (Wildman–Crippen LogP) is 4.49. The second kappa shape index (κ2) is 7.76. The summed E-state index contributed by atoms with van der Waals surface area (Å²) in [4.78, 5) is 5.24. The fourth-order valence-corrected chi connectivity index (χ4v) is 3.82. The van der Waals surface area contributed by atoms with Crippen molar-refractivity contribution in [3.63, 3.8) is 0 Å². The molecule has 2 aromatic carbocycles. The molecule has 0 atom stereocenters. The summed E-state index contributed by atoms with van der Waals surface area (Å²) in [5, 5.41) is 3.03. The van der Waals surface area contributed by atoms with E-state index in [2.05, 4.69) is 15.0 Å². The first-order chi connectivity index (χ1) is 12.5. The largest absolute Gasteiger partial charge is 0.339 e. The molecule has 0 aliphatic rings. The van der Waals surface area contributed by atoms with Crippen LogP contribution >= 0.6 is 11.8 Å². The first kappa shape index (κ1) is 18.2. The van der Waals surface area contributed by atoms with E-state index < -0.39 is 15.8 Å². The third-order valence-electron chi connectivity index (χ3n) is 3.51. The van der Waals surface area contributed by atoms with Crippen LogP contribution in [0.1, 0.15) is 0 Å². The molecule has 1 aromatic heterocycles. The van der Waals surface area contributed by atoms with Crippen molar-refractivity contribution in [3.8, 4) is 0 Å². The lowest BCUT2D eigenvalue weighted by molar-refractivity contribution is 0.601. The second-order valence-electron chi connectivity index (χ2n) is 5.32. The Hall–Kier alpha value is -2.58. The first-order valence-electron chi connectivity index (χ1n) is 7.62. The number of nitrogens with zero attached hydrogens (tertiary/aromatic N) is 1. The third-order valence-corrected chi connectivity index (χ3v) is 5.67. The number of halogens is 1. The maximum Gasteiger partial charge on any atom is 0.265 e. The minimum Gasteiger partial charge on any atom is -0.339 e. The van der Waals surface area contributed by atoms with Crippen molar-refractivity contribution >= 4 is 39.0 Å². The van der Waals surface area contributed by atoms with Crippen molar-refractivity contribution in [3.05, 3.63) is 72.7 Å². The van der Waals surface area contributed by atoms with Crippen LogP contribution in [-0.2, 0) is 10.0 Å². The molecule has 5 nitrogen and oxygen atoms in total. The minimum atomic E-state index is -3.89. The lowest BCUT2D eigenvalue weighted by Gasteiger charge is -2.13. The Bertz CT molecular complexity index is 992. The van der Waals surface area contributed by atoms with Crippen LogP contribution in [0.25, 0.3) is 0 Å². The molecule has 0 unspecified atom stereocenters. The molecule has 0 saturated carbocycles. The number of hydrogen-bond donors (Lipinski definition) is 2. The van der Waals surface area contributed by atoms with Crippen molar-refractivity contribution in [2.24, 2.45) is 0 Å². The average molecular weight is 389 g/mol. The number of hydrogen-bond acceptors (Lipinski definition) is 5. The van der Waals surface area contributed by atoms with Gasteiger partial charge in [-0.2, -0.15) is 0 Å². The van der Waals surface area contributed by atoms with Gasteiger partial charge in [0.15, 0.2) is 5.82 Å². The Labute approximate surface area is 155 Å². The topological polar surface area (TPSA) is 71.1 Å². The Morgan fingerprint density at radius 3 is 2.27 bits per heavy atom. The van der Waals surface area contributed by atoms with Gasteiger partial charge in [0.2, 0.25) is 0 Å². The highest BCUT2D eigenvalue weighted by atomic mass is 32.2. The number of aromatic nitrogens is 1. The van der Waals surface area contributed by atoms with Crippen molar-refractivity contribution in [1.82, 2.24) is 4.98 Å². The number of rotatable bonds is 6. The second-order valence-corrected chi connectivity index (χ2v) is 7.85. The Morgan fingerprint density at radius 1 is 0.962 bits per heavy atom. The minimum absolute atomic E-state index is 0.00160. The van der Waals surface area contributed by atoms with Crippen molar-refractivity contribution in [2.75, 3.05) is 16.3 Å². The van der Waals surface area contributed by atoms with E-state index >= 15 is 0 Å². The summed E-state index contributed by atoms with van der Waals surface area (Å²) < 4.78 is 40.9. The normalized spacial score (nSPS) is 11.2. The lowest BCUT2D eigenvalue weighted by atomic mass is 10.3. The van der Waals surface area contributed by atoms with Crippen LogP contribution < -0.4 is 10.0 Å². The third kappa shape index (κ3) is 4.33. The summed E-state index contributed by atoms with van der Waals surface area (Å²) in [6.45, 7) is 0. The average Bonchev–Trinajstić information content (AvgIpc) is 2.64. The van der Waals surface area contributed by atoms with E-state index in [-0.39, 0.29) is 16.4 Å². The molecule has 3 aromatic rings. The van der Waals surface area contributed by atoms with Crippen LogP contribution in [0, 0.1) is 5.82 Å². The molecule has 3 rings (SSSR count). The van der Waals surface area contributed by atoms with Gasteiger partial charge in [0.1, 0.15) is 10.7 Å². The molecule has 8 heteroatoms. The van der Waals surface area contributed by atoms with Gasteiger partial charge in [0, 0.05) is 22.5 Å². The van der Waals surface area contributed by atoms with Gasteiger partial charge in [0.05, 0.1) is 0 Å². The van der Waals surface area contributed by atoms with Gasteiger partial charge in [-0.25, -0.2) is 17.8 Å². The Balaban J connectivity index is 1.88.